The largest absolute Gasteiger partial charge is 0.392 e. The topological polar surface area (TPSA) is 23.5 Å². The molecule has 1 aliphatic rings. The minimum atomic E-state index is 0.0319. The summed E-state index contributed by atoms with van der Waals surface area (Å²) in [6.07, 6.45) is 2.23. The molecule has 1 N–H and O–H groups in total. The summed E-state index contributed by atoms with van der Waals surface area (Å²) >= 11 is 6.14. The van der Waals surface area contributed by atoms with Crippen LogP contribution in [0, 0.1) is 6.92 Å². The number of aliphatic hydroxyl groups excluding tert-OH is 1. The predicted molar refractivity (Wildman–Crippen MR) is 83.9 cm³/mol. The van der Waals surface area contributed by atoms with Crippen LogP contribution in [0.2, 0.25) is 5.02 Å². The van der Waals surface area contributed by atoms with Crippen molar-refractivity contribution in [3.63, 3.8) is 0 Å². The van der Waals surface area contributed by atoms with E-state index >= 15 is 0 Å². The minimum absolute atomic E-state index is 0.0319. The number of rotatable bonds is 2. The Hall–Kier alpha value is -1.51. The van der Waals surface area contributed by atoms with Crippen molar-refractivity contribution in [2.75, 3.05) is 11.4 Å². The summed E-state index contributed by atoms with van der Waals surface area (Å²) in [5.41, 5.74) is 5.84. The van der Waals surface area contributed by atoms with Gasteiger partial charge in [-0.3, -0.25) is 0 Å². The molecule has 0 unspecified atom stereocenters. The van der Waals surface area contributed by atoms with Crippen molar-refractivity contribution in [2.24, 2.45) is 0 Å². The number of benzene rings is 2. The Kier molecular flexibility index (Phi) is 3.68. The maximum atomic E-state index is 9.56. The van der Waals surface area contributed by atoms with E-state index in [9.17, 15) is 5.11 Å². The second kappa shape index (κ2) is 5.47. The quantitative estimate of drug-likeness (QED) is 0.894. The molecule has 0 spiro atoms. The molecule has 20 heavy (non-hydrogen) atoms. The normalized spacial score (nSPS) is 14.2. The van der Waals surface area contributed by atoms with Crippen molar-refractivity contribution in [1.29, 1.82) is 0 Å². The summed E-state index contributed by atoms with van der Waals surface area (Å²) in [6.45, 7) is 3.12. The molecule has 0 radical (unpaired) electrons. The summed E-state index contributed by atoms with van der Waals surface area (Å²) in [6, 6.07) is 12.2. The molecule has 1 aliphatic heterocycles. The van der Waals surface area contributed by atoms with Crippen LogP contribution >= 0.6 is 11.6 Å². The zero-order valence-corrected chi connectivity index (χ0v) is 12.3. The van der Waals surface area contributed by atoms with Gasteiger partial charge >= 0.3 is 0 Å². The van der Waals surface area contributed by atoms with Gasteiger partial charge in [0.05, 0.1) is 6.61 Å². The van der Waals surface area contributed by atoms with Crippen LogP contribution in [0.1, 0.15) is 23.1 Å². The average Bonchev–Trinajstić information content (AvgIpc) is 2.46. The molecule has 2 nitrogen and oxygen atoms in total. The van der Waals surface area contributed by atoms with Crippen LogP contribution in [0.5, 0.6) is 0 Å². The molecule has 104 valence electrons. The molecular weight excluding hydrogens is 270 g/mol. The molecule has 0 atom stereocenters. The third-order valence-electron chi connectivity index (χ3n) is 3.86. The molecule has 0 saturated carbocycles. The van der Waals surface area contributed by atoms with Gasteiger partial charge < -0.3 is 10.0 Å². The maximum Gasteiger partial charge on any atom is 0.0702 e. The summed E-state index contributed by atoms with van der Waals surface area (Å²) in [5.74, 6) is 0. The van der Waals surface area contributed by atoms with E-state index in [0.29, 0.717) is 5.02 Å². The number of fused-ring (bicyclic) bond motifs is 1. The van der Waals surface area contributed by atoms with Crippen molar-refractivity contribution in [3.8, 4) is 0 Å². The first kappa shape index (κ1) is 13.5. The van der Waals surface area contributed by atoms with Gasteiger partial charge in [0.2, 0.25) is 0 Å². The second-order valence-electron chi connectivity index (χ2n) is 5.32. The lowest BCUT2D eigenvalue weighted by Gasteiger charge is -2.33. The second-order valence-corrected chi connectivity index (χ2v) is 5.75. The van der Waals surface area contributed by atoms with Gasteiger partial charge in [-0.15, -0.1) is 0 Å². The maximum absolute atomic E-state index is 9.56. The first-order valence-electron chi connectivity index (χ1n) is 6.95. The van der Waals surface area contributed by atoms with Crippen molar-refractivity contribution >= 4 is 23.0 Å². The minimum Gasteiger partial charge on any atom is -0.392 e. The standard InChI is InChI=1S/C17H18ClNO/c1-12-4-7-16-13(9-12)3-2-8-19(16)17-10-15(18)6-5-14(17)11-20/h4-7,9-10,20H,2-3,8,11H2,1H3. The first-order valence-corrected chi connectivity index (χ1v) is 7.33. The van der Waals surface area contributed by atoms with Crippen molar-refractivity contribution in [2.45, 2.75) is 26.4 Å². The van der Waals surface area contributed by atoms with Crippen LogP contribution in [0.25, 0.3) is 0 Å². The lowest BCUT2D eigenvalue weighted by Crippen LogP contribution is -2.25. The number of aryl methyl sites for hydroxylation is 2. The Morgan fingerprint density at radius 2 is 2.00 bits per heavy atom. The molecule has 0 bridgehead atoms. The van der Waals surface area contributed by atoms with Gasteiger partial charge in [-0.05, 0) is 43.5 Å². The van der Waals surface area contributed by atoms with Crippen molar-refractivity contribution in [1.82, 2.24) is 0 Å². The summed E-state index contributed by atoms with van der Waals surface area (Å²) < 4.78 is 0. The molecule has 0 fully saturated rings. The zero-order valence-electron chi connectivity index (χ0n) is 11.6. The number of nitrogens with zero attached hydrogens (tertiary/aromatic N) is 1. The summed E-state index contributed by atoms with van der Waals surface area (Å²) in [7, 11) is 0. The van der Waals surface area contributed by atoms with E-state index in [4.69, 9.17) is 11.6 Å². The lowest BCUT2D eigenvalue weighted by molar-refractivity contribution is 0.282. The zero-order chi connectivity index (χ0) is 14.1. The van der Waals surface area contributed by atoms with Gasteiger partial charge in [-0.2, -0.15) is 0 Å². The molecule has 2 aromatic rings. The highest BCUT2D eigenvalue weighted by atomic mass is 35.5. The van der Waals surface area contributed by atoms with Crippen LogP contribution in [0.3, 0.4) is 0 Å². The van der Waals surface area contributed by atoms with Crippen LogP contribution in [0.4, 0.5) is 11.4 Å². The monoisotopic (exact) mass is 287 g/mol. The highest BCUT2D eigenvalue weighted by Gasteiger charge is 2.20. The number of anilines is 2. The molecule has 1 heterocycles. The number of halogens is 1. The fraction of sp³-hybridized carbons (Fsp3) is 0.294. The van der Waals surface area contributed by atoms with Crippen LogP contribution in [-0.2, 0) is 13.0 Å². The summed E-state index contributed by atoms with van der Waals surface area (Å²) in [4.78, 5) is 2.27. The molecular formula is C17H18ClNO. The van der Waals surface area contributed by atoms with Crippen LogP contribution in [-0.4, -0.2) is 11.7 Å². The van der Waals surface area contributed by atoms with Gasteiger partial charge in [-0.25, -0.2) is 0 Å². The van der Waals surface area contributed by atoms with E-state index in [1.165, 1.54) is 16.8 Å². The molecule has 2 aromatic carbocycles. The Balaban J connectivity index is 2.11. The molecule has 0 saturated heterocycles. The van der Waals surface area contributed by atoms with Crippen molar-refractivity contribution < 1.29 is 5.11 Å². The van der Waals surface area contributed by atoms with E-state index in [-0.39, 0.29) is 6.61 Å². The van der Waals surface area contributed by atoms with Gasteiger partial charge in [0.15, 0.2) is 0 Å². The van der Waals surface area contributed by atoms with E-state index in [1.807, 2.05) is 18.2 Å². The molecule has 0 amide bonds. The fourth-order valence-corrected chi connectivity index (χ4v) is 3.06. The van der Waals surface area contributed by atoms with E-state index in [0.717, 1.165) is 30.6 Å². The van der Waals surface area contributed by atoms with Crippen LogP contribution in [0.15, 0.2) is 36.4 Å². The van der Waals surface area contributed by atoms with E-state index in [2.05, 4.69) is 30.0 Å². The lowest BCUT2D eigenvalue weighted by atomic mass is 9.98. The number of hydrogen-bond acceptors (Lipinski definition) is 2. The predicted octanol–water partition coefficient (Wildman–Crippen LogP) is 4.23. The number of aliphatic hydroxyl groups is 1. The first-order chi connectivity index (χ1) is 9.69. The highest BCUT2D eigenvalue weighted by Crippen LogP contribution is 2.36. The number of hydrogen-bond donors (Lipinski definition) is 1. The Morgan fingerprint density at radius 1 is 1.15 bits per heavy atom. The van der Waals surface area contributed by atoms with Crippen molar-refractivity contribution in [3.05, 3.63) is 58.1 Å². The third kappa shape index (κ3) is 2.41. The fourth-order valence-electron chi connectivity index (χ4n) is 2.90. The smallest absolute Gasteiger partial charge is 0.0702 e. The van der Waals surface area contributed by atoms with Gasteiger partial charge in [0, 0.05) is 28.5 Å². The van der Waals surface area contributed by atoms with Gasteiger partial charge in [-0.1, -0.05) is 35.4 Å². The average molecular weight is 288 g/mol. The third-order valence-corrected chi connectivity index (χ3v) is 4.10. The Bertz CT molecular complexity index is 639. The van der Waals surface area contributed by atoms with Gasteiger partial charge in [0.25, 0.3) is 0 Å². The molecule has 0 aromatic heterocycles. The molecule has 3 heteroatoms. The van der Waals surface area contributed by atoms with E-state index < -0.39 is 0 Å². The highest BCUT2D eigenvalue weighted by molar-refractivity contribution is 6.30. The summed E-state index contributed by atoms with van der Waals surface area (Å²) in [5, 5.41) is 10.3. The Labute approximate surface area is 124 Å². The Morgan fingerprint density at radius 3 is 2.80 bits per heavy atom. The van der Waals surface area contributed by atoms with Crippen LogP contribution < -0.4 is 4.90 Å². The molecule has 3 rings (SSSR count). The van der Waals surface area contributed by atoms with Gasteiger partial charge in [0.1, 0.15) is 0 Å². The SMILES string of the molecule is Cc1ccc2c(c1)CCCN2c1cc(Cl)ccc1CO. The molecule has 0 aliphatic carbocycles. The van der Waals surface area contributed by atoms with E-state index in [1.54, 1.807) is 0 Å².